The van der Waals surface area contributed by atoms with E-state index in [0.29, 0.717) is 49.5 Å². The van der Waals surface area contributed by atoms with Crippen LogP contribution >= 0.6 is 0 Å². The van der Waals surface area contributed by atoms with E-state index in [1.54, 1.807) is 18.2 Å². The van der Waals surface area contributed by atoms with Gasteiger partial charge in [0.05, 0.1) is 0 Å². The standard InChI is InChI=1S/C18H24FN3O2/c1-18(2,3)17-21-15(22-24-17)11-12-20-16(23)10-6-8-13-7-4-5-9-14(13)19/h4-5,7,9H,6,8,10-12H2,1-3H3,(H,20,23). The van der Waals surface area contributed by atoms with Gasteiger partial charge in [-0.05, 0) is 24.5 Å². The van der Waals surface area contributed by atoms with Crippen LogP contribution in [0, 0.1) is 5.82 Å². The number of carbonyl (C=O) groups excluding carboxylic acids is 1. The molecule has 0 fully saturated rings. The van der Waals surface area contributed by atoms with Crippen molar-refractivity contribution in [3.8, 4) is 0 Å². The zero-order valence-corrected chi connectivity index (χ0v) is 14.4. The number of nitrogens with zero attached hydrogens (tertiary/aromatic N) is 2. The van der Waals surface area contributed by atoms with Gasteiger partial charge in [0, 0.05) is 24.8 Å². The molecule has 0 atom stereocenters. The summed E-state index contributed by atoms with van der Waals surface area (Å²) in [4.78, 5) is 16.1. The molecule has 0 spiro atoms. The van der Waals surface area contributed by atoms with Gasteiger partial charge in [0.15, 0.2) is 5.82 Å². The van der Waals surface area contributed by atoms with Crippen molar-refractivity contribution in [1.29, 1.82) is 0 Å². The molecule has 5 nitrogen and oxygen atoms in total. The monoisotopic (exact) mass is 333 g/mol. The second-order valence-corrected chi connectivity index (χ2v) is 6.81. The summed E-state index contributed by atoms with van der Waals surface area (Å²) in [6.07, 6.45) is 2.06. The Hall–Kier alpha value is -2.24. The summed E-state index contributed by atoms with van der Waals surface area (Å²) in [6.45, 7) is 6.46. The molecule has 2 rings (SSSR count). The van der Waals surface area contributed by atoms with Gasteiger partial charge in [-0.1, -0.05) is 44.1 Å². The second-order valence-electron chi connectivity index (χ2n) is 6.81. The number of halogens is 1. The number of amides is 1. The van der Waals surface area contributed by atoms with E-state index in [9.17, 15) is 9.18 Å². The van der Waals surface area contributed by atoms with Crippen LogP contribution in [0.5, 0.6) is 0 Å². The zero-order chi connectivity index (χ0) is 17.6. The number of rotatable bonds is 7. The summed E-state index contributed by atoms with van der Waals surface area (Å²) in [6, 6.07) is 6.65. The third kappa shape index (κ3) is 5.44. The van der Waals surface area contributed by atoms with Crippen molar-refractivity contribution in [2.45, 2.75) is 51.9 Å². The molecule has 0 radical (unpaired) electrons. The van der Waals surface area contributed by atoms with E-state index >= 15 is 0 Å². The van der Waals surface area contributed by atoms with Gasteiger partial charge in [-0.3, -0.25) is 4.79 Å². The highest BCUT2D eigenvalue weighted by Crippen LogP contribution is 2.19. The van der Waals surface area contributed by atoms with Gasteiger partial charge >= 0.3 is 0 Å². The molecule has 1 aromatic heterocycles. The number of carbonyl (C=O) groups is 1. The minimum absolute atomic E-state index is 0.0501. The zero-order valence-electron chi connectivity index (χ0n) is 14.4. The largest absolute Gasteiger partial charge is 0.356 e. The molecule has 0 bridgehead atoms. The Morgan fingerprint density at radius 1 is 1.25 bits per heavy atom. The van der Waals surface area contributed by atoms with Gasteiger partial charge in [0.25, 0.3) is 0 Å². The van der Waals surface area contributed by atoms with Crippen molar-refractivity contribution in [1.82, 2.24) is 15.5 Å². The first-order valence-corrected chi connectivity index (χ1v) is 8.19. The van der Waals surface area contributed by atoms with E-state index in [-0.39, 0.29) is 17.1 Å². The minimum Gasteiger partial charge on any atom is -0.356 e. The Morgan fingerprint density at radius 3 is 2.67 bits per heavy atom. The lowest BCUT2D eigenvalue weighted by atomic mass is 9.97. The molecule has 24 heavy (non-hydrogen) atoms. The molecule has 0 saturated carbocycles. The van der Waals surface area contributed by atoms with Crippen LogP contribution < -0.4 is 5.32 Å². The van der Waals surface area contributed by atoms with Crippen LogP contribution in [-0.4, -0.2) is 22.6 Å². The maximum atomic E-state index is 13.5. The van der Waals surface area contributed by atoms with Gasteiger partial charge in [0.1, 0.15) is 5.82 Å². The first-order valence-electron chi connectivity index (χ1n) is 8.19. The van der Waals surface area contributed by atoms with E-state index in [0.717, 1.165) is 0 Å². The molecule has 0 saturated heterocycles. The SMILES string of the molecule is CC(C)(C)c1nc(CCNC(=O)CCCc2ccccc2F)no1. The lowest BCUT2D eigenvalue weighted by Crippen LogP contribution is -2.25. The predicted octanol–water partition coefficient (Wildman–Crippen LogP) is 3.19. The third-order valence-corrected chi connectivity index (χ3v) is 3.59. The highest BCUT2D eigenvalue weighted by Gasteiger charge is 2.21. The topological polar surface area (TPSA) is 68.0 Å². The average molecular weight is 333 g/mol. The third-order valence-electron chi connectivity index (χ3n) is 3.59. The first-order chi connectivity index (χ1) is 11.4. The fourth-order valence-corrected chi connectivity index (χ4v) is 2.20. The Morgan fingerprint density at radius 2 is 2.00 bits per heavy atom. The van der Waals surface area contributed by atoms with E-state index in [1.165, 1.54) is 6.07 Å². The van der Waals surface area contributed by atoms with Gasteiger partial charge in [0.2, 0.25) is 11.8 Å². The fourth-order valence-electron chi connectivity index (χ4n) is 2.20. The quantitative estimate of drug-likeness (QED) is 0.845. The number of nitrogens with one attached hydrogen (secondary N) is 1. The summed E-state index contributed by atoms with van der Waals surface area (Å²) >= 11 is 0. The Labute approximate surface area is 141 Å². The van der Waals surface area contributed by atoms with E-state index in [1.807, 2.05) is 20.8 Å². The van der Waals surface area contributed by atoms with Crippen molar-refractivity contribution in [2.24, 2.45) is 0 Å². The molecular weight excluding hydrogens is 309 g/mol. The number of aryl methyl sites for hydroxylation is 1. The smallest absolute Gasteiger partial charge is 0.232 e. The molecule has 1 aromatic carbocycles. The van der Waals surface area contributed by atoms with Crippen LogP contribution in [0.1, 0.15) is 50.9 Å². The molecular formula is C18H24FN3O2. The van der Waals surface area contributed by atoms with Crippen LogP contribution in [0.15, 0.2) is 28.8 Å². The molecule has 0 unspecified atom stereocenters. The van der Waals surface area contributed by atoms with Gasteiger partial charge in [-0.15, -0.1) is 0 Å². The van der Waals surface area contributed by atoms with Crippen LogP contribution in [0.25, 0.3) is 0 Å². The molecule has 0 aliphatic carbocycles. The summed E-state index contributed by atoms with van der Waals surface area (Å²) < 4.78 is 18.7. The van der Waals surface area contributed by atoms with Crippen molar-refractivity contribution >= 4 is 5.91 Å². The minimum atomic E-state index is -0.218. The number of aromatic nitrogens is 2. The molecule has 130 valence electrons. The number of hydrogen-bond donors (Lipinski definition) is 1. The average Bonchev–Trinajstić information content (AvgIpc) is 2.98. The lowest BCUT2D eigenvalue weighted by Gasteiger charge is -2.10. The first kappa shape index (κ1) is 18.1. The summed E-state index contributed by atoms with van der Waals surface area (Å²) in [5.74, 6) is 0.913. The van der Waals surface area contributed by atoms with Gasteiger partial charge < -0.3 is 9.84 Å². The Balaban J connectivity index is 1.66. The normalized spacial score (nSPS) is 11.5. The van der Waals surface area contributed by atoms with Crippen LogP contribution in [0.2, 0.25) is 0 Å². The van der Waals surface area contributed by atoms with Crippen molar-refractivity contribution < 1.29 is 13.7 Å². The van der Waals surface area contributed by atoms with Gasteiger partial charge in [-0.25, -0.2) is 4.39 Å². The maximum Gasteiger partial charge on any atom is 0.232 e. The van der Waals surface area contributed by atoms with E-state index < -0.39 is 0 Å². The van der Waals surface area contributed by atoms with E-state index in [2.05, 4.69) is 15.5 Å². The summed E-state index contributed by atoms with van der Waals surface area (Å²) in [5.41, 5.74) is 0.466. The van der Waals surface area contributed by atoms with Crippen LogP contribution in [0.3, 0.4) is 0 Å². The lowest BCUT2D eigenvalue weighted by molar-refractivity contribution is -0.121. The van der Waals surface area contributed by atoms with Crippen molar-refractivity contribution in [3.05, 3.63) is 47.4 Å². The predicted molar refractivity (Wildman–Crippen MR) is 89.0 cm³/mol. The molecule has 2 aromatic rings. The maximum absolute atomic E-state index is 13.5. The molecule has 1 N–H and O–H groups in total. The van der Waals surface area contributed by atoms with Crippen LogP contribution in [0.4, 0.5) is 4.39 Å². The highest BCUT2D eigenvalue weighted by molar-refractivity contribution is 5.75. The van der Waals surface area contributed by atoms with Gasteiger partial charge in [-0.2, -0.15) is 4.98 Å². The van der Waals surface area contributed by atoms with Crippen LogP contribution in [-0.2, 0) is 23.1 Å². The Kier molecular flexibility index (Phi) is 6.06. The summed E-state index contributed by atoms with van der Waals surface area (Å²) in [5, 5.41) is 6.74. The summed E-state index contributed by atoms with van der Waals surface area (Å²) in [7, 11) is 0. The fraction of sp³-hybridized carbons (Fsp3) is 0.500. The second kappa shape index (κ2) is 8.04. The van der Waals surface area contributed by atoms with Crippen molar-refractivity contribution in [2.75, 3.05) is 6.54 Å². The highest BCUT2D eigenvalue weighted by atomic mass is 19.1. The van der Waals surface area contributed by atoms with Crippen molar-refractivity contribution in [3.63, 3.8) is 0 Å². The Bertz CT molecular complexity index is 677. The molecule has 0 aliphatic heterocycles. The molecule has 0 aliphatic rings. The molecule has 6 heteroatoms. The van der Waals surface area contributed by atoms with E-state index in [4.69, 9.17) is 4.52 Å². The number of benzene rings is 1. The number of hydrogen-bond acceptors (Lipinski definition) is 4. The molecule has 1 heterocycles. The molecule has 1 amide bonds.